The number of oxime groups is 1. The Morgan fingerprint density at radius 2 is 2.38 bits per heavy atom. The lowest BCUT2D eigenvalue weighted by Gasteiger charge is -1.88. The zero-order chi connectivity index (χ0) is 11.4. The minimum absolute atomic E-state index is 0.455. The van der Waals surface area contributed by atoms with Gasteiger partial charge in [0.2, 0.25) is 0 Å². The summed E-state index contributed by atoms with van der Waals surface area (Å²) >= 11 is 0. The zero-order valence-electron chi connectivity index (χ0n) is 8.58. The van der Waals surface area contributed by atoms with Gasteiger partial charge in [0.1, 0.15) is 17.7 Å². The van der Waals surface area contributed by atoms with Crippen LogP contribution >= 0.6 is 0 Å². The van der Waals surface area contributed by atoms with Crippen LogP contribution < -0.4 is 0 Å². The number of furan rings is 1. The van der Waals surface area contributed by atoms with E-state index in [0.29, 0.717) is 11.5 Å². The third-order valence-electron chi connectivity index (χ3n) is 1.94. The Bertz CT molecular complexity index is 569. The van der Waals surface area contributed by atoms with Gasteiger partial charge in [-0.25, -0.2) is 4.98 Å². The molecular formula is C11H9N3O2. The van der Waals surface area contributed by atoms with Gasteiger partial charge >= 0.3 is 0 Å². The molecule has 2 aromatic rings. The normalized spacial score (nSPS) is 10.3. The quantitative estimate of drug-likeness (QED) is 0.336. The predicted octanol–water partition coefficient (Wildman–Crippen LogP) is 1.22. The first-order valence-corrected chi connectivity index (χ1v) is 4.55. The van der Waals surface area contributed by atoms with E-state index in [2.05, 4.69) is 22.0 Å². The second-order valence-corrected chi connectivity index (χ2v) is 3.09. The van der Waals surface area contributed by atoms with E-state index in [1.54, 1.807) is 24.7 Å². The molecule has 0 unspecified atom stereocenters. The van der Waals surface area contributed by atoms with E-state index in [0.717, 1.165) is 5.69 Å². The van der Waals surface area contributed by atoms with Gasteiger partial charge < -0.3 is 14.2 Å². The van der Waals surface area contributed by atoms with E-state index in [9.17, 15) is 0 Å². The van der Waals surface area contributed by atoms with Crippen molar-refractivity contribution in [3.8, 4) is 11.8 Å². The number of nitrogens with zero attached hydrogens (tertiary/aromatic N) is 3. The third-order valence-corrected chi connectivity index (χ3v) is 1.94. The molecule has 0 atom stereocenters. The van der Waals surface area contributed by atoms with Gasteiger partial charge in [0.25, 0.3) is 0 Å². The number of imidazole rings is 1. The van der Waals surface area contributed by atoms with Crippen molar-refractivity contribution in [1.29, 1.82) is 0 Å². The molecule has 0 amide bonds. The van der Waals surface area contributed by atoms with Gasteiger partial charge in [0, 0.05) is 7.05 Å². The maximum Gasteiger partial charge on any atom is 0.178 e. The fourth-order valence-corrected chi connectivity index (χ4v) is 1.15. The summed E-state index contributed by atoms with van der Waals surface area (Å²) in [6, 6.07) is 3.38. The second kappa shape index (κ2) is 4.36. The van der Waals surface area contributed by atoms with Crippen LogP contribution in [0, 0.1) is 11.8 Å². The summed E-state index contributed by atoms with van der Waals surface area (Å²) in [5.41, 5.74) is 0.800. The van der Waals surface area contributed by atoms with E-state index in [1.165, 1.54) is 6.21 Å². The lowest BCUT2D eigenvalue weighted by molar-refractivity contribution is 0.320. The molecule has 0 aliphatic heterocycles. The third kappa shape index (κ3) is 2.12. The fraction of sp³-hybridized carbons (Fsp3) is 0.0909. The van der Waals surface area contributed by atoms with E-state index in [4.69, 9.17) is 9.62 Å². The molecule has 0 radical (unpaired) electrons. The van der Waals surface area contributed by atoms with Crippen LogP contribution in [0.4, 0.5) is 0 Å². The van der Waals surface area contributed by atoms with Crippen LogP contribution in [0.3, 0.4) is 0 Å². The van der Waals surface area contributed by atoms with E-state index in [1.807, 2.05) is 11.6 Å². The zero-order valence-corrected chi connectivity index (χ0v) is 8.58. The number of hydrogen-bond donors (Lipinski definition) is 1. The van der Waals surface area contributed by atoms with Crippen LogP contribution in [-0.2, 0) is 7.05 Å². The number of aryl methyl sites for hydroxylation is 1. The summed E-state index contributed by atoms with van der Waals surface area (Å²) in [5, 5.41) is 11.2. The average molecular weight is 215 g/mol. The van der Waals surface area contributed by atoms with Gasteiger partial charge in [-0.05, 0) is 24.0 Å². The van der Waals surface area contributed by atoms with E-state index < -0.39 is 0 Å². The lowest BCUT2D eigenvalue weighted by Crippen LogP contribution is -1.87. The first-order chi connectivity index (χ1) is 7.79. The molecule has 2 rings (SSSR count). The van der Waals surface area contributed by atoms with Crippen LogP contribution in [0.1, 0.15) is 17.2 Å². The summed E-state index contributed by atoms with van der Waals surface area (Å²) in [7, 11) is 1.86. The summed E-state index contributed by atoms with van der Waals surface area (Å²) < 4.78 is 7.06. The van der Waals surface area contributed by atoms with Crippen LogP contribution in [0.5, 0.6) is 0 Å². The average Bonchev–Trinajstić information content (AvgIpc) is 2.86. The molecule has 5 nitrogen and oxygen atoms in total. The van der Waals surface area contributed by atoms with Gasteiger partial charge in [0.15, 0.2) is 5.76 Å². The minimum atomic E-state index is 0.455. The SMILES string of the molecule is Cn1cncc1C#Cc1ccc(/C=N\O)o1. The molecule has 0 aliphatic carbocycles. The molecular weight excluding hydrogens is 206 g/mol. The highest BCUT2D eigenvalue weighted by atomic mass is 16.4. The second-order valence-electron chi connectivity index (χ2n) is 3.09. The molecule has 1 N–H and O–H groups in total. The maximum absolute atomic E-state index is 8.31. The molecule has 0 bridgehead atoms. The highest BCUT2D eigenvalue weighted by molar-refractivity contribution is 5.75. The van der Waals surface area contributed by atoms with Crippen LogP contribution in [-0.4, -0.2) is 21.0 Å². The minimum Gasteiger partial charge on any atom is -0.447 e. The largest absolute Gasteiger partial charge is 0.447 e. The molecule has 5 heteroatoms. The Morgan fingerprint density at radius 1 is 1.50 bits per heavy atom. The van der Waals surface area contributed by atoms with Crippen molar-refractivity contribution < 1.29 is 9.62 Å². The van der Waals surface area contributed by atoms with Crippen LogP contribution in [0.2, 0.25) is 0 Å². The van der Waals surface area contributed by atoms with Crippen molar-refractivity contribution in [1.82, 2.24) is 9.55 Å². The topological polar surface area (TPSA) is 63.5 Å². The van der Waals surface area contributed by atoms with Crippen molar-refractivity contribution in [2.24, 2.45) is 12.2 Å². The summed E-state index contributed by atoms with van der Waals surface area (Å²) in [6.07, 6.45) is 4.55. The molecule has 0 saturated heterocycles. The standard InChI is InChI=1S/C11H9N3O2/c1-14-8-12-6-9(14)2-3-10-4-5-11(16-10)7-13-15/h4-8,15H,1H3/b13-7-. The molecule has 0 aromatic carbocycles. The van der Waals surface area contributed by atoms with Crippen molar-refractivity contribution >= 4 is 6.21 Å². The molecule has 0 fully saturated rings. The van der Waals surface area contributed by atoms with E-state index >= 15 is 0 Å². The van der Waals surface area contributed by atoms with Crippen LogP contribution in [0.15, 0.2) is 34.2 Å². The number of hydrogen-bond acceptors (Lipinski definition) is 4. The summed E-state index contributed by atoms with van der Waals surface area (Å²) in [5.74, 6) is 6.73. The molecule has 0 aliphatic rings. The molecule has 2 aromatic heterocycles. The maximum atomic E-state index is 8.31. The Hall–Kier alpha value is -2.48. The van der Waals surface area contributed by atoms with Gasteiger partial charge in [-0.15, -0.1) is 0 Å². The fourth-order valence-electron chi connectivity index (χ4n) is 1.15. The molecule has 0 saturated carbocycles. The molecule has 0 spiro atoms. The smallest absolute Gasteiger partial charge is 0.178 e. The molecule has 2 heterocycles. The van der Waals surface area contributed by atoms with Gasteiger partial charge in [-0.3, -0.25) is 0 Å². The highest BCUT2D eigenvalue weighted by Gasteiger charge is 1.96. The Kier molecular flexibility index (Phi) is 2.74. The first-order valence-electron chi connectivity index (χ1n) is 4.55. The Morgan fingerprint density at radius 3 is 3.06 bits per heavy atom. The van der Waals surface area contributed by atoms with E-state index in [-0.39, 0.29) is 0 Å². The number of aromatic nitrogens is 2. The summed E-state index contributed by atoms with van der Waals surface area (Å²) in [4.78, 5) is 3.94. The lowest BCUT2D eigenvalue weighted by atomic mass is 10.4. The number of rotatable bonds is 1. The van der Waals surface area contributed by atoms with Crippen molar-refractivity contribution in [2.45, 2.75) is 0 Å². The predicted molar refractivity (Wildman–Crippen MR) is 57.3 cm³/mol. The monoisotopic (exact) mass is 215 g/mol. The van der Waals surface area contributed by atoms with Crippen molar-refractivity contribution in [2.75, 3.05) is 0 Å². The van der Waals surface area contributed by atoms with Gasteiger partial charge in [-0.1, -0.05) is 5.16 Å². The van der Waals surface area contributed by atoms with Crippen molar-refractivity contribution in [3.05, 3.63) is 41.9 Å². The Labute approximate surface area is 92.0 Å². The van der Waals surface area contributed by atoms with Gasteiger partial charge in [0.05, 0.1) is 12.5 Å². The Balaban J connectivity index is 2.21. The molecule has 80 valence electrons. The summed E-state index contributed by atoms with van der Waals surface area (Å²) in [6.45, 7) is 0. The molecule has 16 heavy (non-hydrogen) atoms. The van der Waals surface area contributed by atoms with Gasteiger partial charge in [-0.2, -0.15) is 0 Å². The highest BCUT2D eigenvalue weighted by Crippen LogP contribution is 2.04. The van der Waals surface area contributed by atoms with Crippen LogP contribution in [0.25, 0.3) is 0 Å². The van der Waals surface area contributed by atoms with Crippen molar-refractivity contribution in [3.63, 3.8) is 0 Å². The first kappa shape index (κ1) is 10.1.